The molecular weight excluding hydrogens is 549 g/mol. The van der Waals surface area contributed by atoms with Gasteiger partial charge in [0.2, 0.25) is 0 Å². The van der Waals surface area contributed by atoms with E-state index in [9.17, 15) is 4.57 Å². The van der Waals surface area contributed by atoms with Gasteiger partial charge < -0.3 is 19.3 Å². The lowest BCUT2D eigenvalue weighted by molar-refractivity contribution is 0.216. The zero-order chi connectivity index (χ0) is 25.1. The molecule has 0 saturated carbocycles. The Bertz CT molecular complexity index is 1080. The molecule has 3 aromatic rings. The third-order valence-electron chi connectivity index (χ3n) is 5.38. The number of rotatable bonds is 15. The van der Waals surface area contributed by atoms with E-state index < -0.39 is 13.4 Å². The van der Waals surface area contributed by atoms with Gasteiger partial charge in [0, 0.05) is 53.4 Å². The van der Waals surface area contributed by atoms with Crippen LogP contribution in [-0.2, 0) is 13.6 Å². The monoisotopic (exact) mass is 576 g/mol. The molecule has 0 fully saturated rings. The van der Waals surface area contributed by atoms with E-state index in [4.69, 9.17) is 55.5 Å². The van der Waals surface area contributed by atoms with Gasteiger partial charge in [0.05, 0.1) is 13.2 Å². The van der Waals surface area contributed by atoms with Crippen molar-refractivity contribution in [1.29, 1.82) is 0 Å². The third-order valence-corrected chi connectivity index (χ3v) is 8.17. The molecule has 35 heavy (non-hydrogen) atoms. The Kier molecular flexibility index (Phi) is 11.8. The number of nitrogens with zero attached hydrogens (tertiary/aromatic N) is 1. The van der Waals surface area contributed by atoms with Crippen molar-refractivity contribution in [3.05, 3.63) is 72.3 Å². The Hall–Kier alpha value is -1.17. The average Bonchev–Trinajstić information content (AvgIpc) is 2.89. The molecule has 0 radical (unpaired) electrons. The van der Waals surface area contributed by atoms with Crippen molar-refractivity contribution in [3.8, 4) is 0 Å². The number of anilines is 2. The summed E-state index contributed by atoms with van der Waals surface area (Å²) in [6.07, 6.45) is 0. The summed E-state index contributed by atoms with van der Waals surface area (Å²) in [5, 5.41) is 5.49. The van der Waals surface area contributed by atoms with E-state index in [1.165, 1.54) is 0 Å². The molecule has 0 heterocycles. The first-order chi connectivity index (χ1) is 17.1. The zero-order valence-electron chi connectivity index (χ0n) is 19.2. The van der Waals surface area contributed by atoms with Crippen molar-refractivity contribution < 1.29 is 13.6 Å². The molecular formula is C25H29Cl4N2O3P. The SMILES string of the molecule is O=P(OCCCl)(OCCCl)[C@@H](Nc1cccc2ccccc12)c1ccc(N(CCCl)CCCl)cc1. The van der Waals surface area contributed by atoms with Crippen LogP contribution in [0, 0.1) is 0 Å². The lowest BCUT2D eigenvalue weighted by Crippen LogP contribution is -2.27. The quantitative estimate of drug-likeness (QED) is 0.147. The fraction of sp³-hybridized carbons (Fsp3) is 0.360. The number of benzene rings is 3. The minimum Gasteiger partial charge on any atom is -0.369 e. The minimum atomic E-state index is -3.73. The number of fused-ring (bicyclic) bond motifs is 1. The molecule has 0 aliphatic heterocycles. The van der Waals surface area contributed by atoms with Crippen LogP contribution in [0.15, 0.2) is 66.7 Å². The number of nitrogens with one attached hydrogen (secondary N) is 1. The van der Waals surface area contributed by atoms with Crippen LogP contribution in [0.4, 0.5) is 11.4 Å². The highest BCUT2D eigenvalue weighted by Crippen LogP contribution is 2.61. The van der Waals surface area contributed by atoms with Crippen molar-refractivity contribution >= 4 is 76.1 Å². The van der Waals surface area contributed by atoms with Crippen LogP contribution in [0.25, 0.3) is 10.8 Å². The molecule has 10 heteroatoms. The lowest BCUT2D eigenvalue weighted by atomic mass is 10.1. The number of halogens is 4. The molecule has 190 valence electrons. The molecule has 0 aliphatic rings. The van der Waals surface area contributed by atoms with Crippen molar-refractivity contribution in [2.45, 2.75) is 5.78 Å². The zero-order valence-corrected chi connectivity index (χ0v) is 23.1. The maximum Gasteiger partial charge on any atom is 0.357 e. The van der Waals surface area contributed by atoms with Gasteiger partial charge >= 0.3 is 7.60 Å². The fourth-order valence-electron chi connectivity index (χ4n) is 3.79. The van der Waals surface area contributed by atoms with E-state index in [2.05, 4.69) is 10.2 Å². The van der Waals surface area contributed by atoms with Crippen molar-refractivity contribution in [2.24, 2.45) is 0 Å². The summed E-state index contributed by atoms with van der Waals surface area (Å²) < 4.78 is 25.7. The molecule has 0 amide bonds. The largest absolute Gasteiger partial charge is 0.369 e. The maximum atomic E-state index is 14.1. The highest BCUT2D eigenvalue weighted by Gasteiger charge is 2.38. The number of alkyl halides is 4. The topological polar surface area (TPSA) is 50.8 Å². The molecule has 0 spiro atoms. The van der Waals surface area contributed by atoms with Gasteiger partial charge in [-0.2, -0.15) is 0 Å². The van der Waals surface area contributed by atoms with Gasteiger partial charge in [-0.25, -0.2) is 0 Å². The molecule has 1 N–H and O–H groups in total. The summed E-state index contributed by atoms with van der Waals surface area (Å²) in [4.78, 5) is 2.10. The Labute approximate surface area is 227 Å². The van der Waals surface area contributed by atoms with Crippen molar-refractivity contribution in [2.75, 3.05) is 60.0 Å². The van der Waals surface area contributed by atoms with E-state index in [-0.39, 0.29) is 25.0 Å². The Morgan fingerprint density at radius 2 is 1.37 bits per heavy atom. The lowest BCUT2D eigenvalue weighted by Gasteiger charge is -2.30. The van der Waals surface area contributed by atoms with Crippen LogP contribution in [0.1, 0.15) is 11.3 Å². The van der Waals surface area contributed by atoms with Gasteiger partial charge in [-0.15, -0.1) is 46.4 Å². The first-order valence-electron chi connectivity index (χ1n) is 11.3. The van der Waals surface area contributed by atoms with Crippen LogP contribution in [0.2, 0.25) is 0 Å². The Morgan fingerprint density at radius 1 is 0.771 bits per heavy atom. The highest BCUT2D eigenvalue weighted by molar-refractivity contribution is 7.54. The van der Waals surface area contributed by atoms with Crippen molar-refractivity contribution in [3.63, 3.8) is 0 Å². The molecule has 3 aromatic carbocycles. The summed E-state index contributed by atoms with van der Waals surface area (Å²) in [5.41, 5.74) is 2.52. The summed E-state index contributed by atoms with van der Waals surface area (Å²) in [5.74, 6) is 0.540. The van der Waals surface area contributed by atoms with Crippen LogP contribution in [0.5, 0.6) is 0 Å². The maximum absolute atomic E-state index is 14.1. The fourth-order valence-corrected chi connectivity index (χ4v) is 6.47. The molecule has 1 atom stereocenters. The molecule has 0 aromatic heterocycles. The second kappa shape index (κ2) is 14.5. The molecule has 0 saturated heterocycles. The third kappa shape index (κ3) is 7.66. The van der Waals surface area contributed by atoms with E-state index in [1.807, 2.05) is 66.7 Å². The van der Waals surface area contributed by atoms with Gasteiger partial charge in [-0.05, 0) is 29.1 Å². The summed E-state index contributed by atoms with van der Waals surface area (Å²) >= 11 is 23.7. The normalized spacial score (nSPS) is 12.6. The minimum absolute atomic E-state index is 0.0755. The predicted octanol–water partition coefficient (Wildman–Crippen LogP) is 7.94. The second-order valence-electron chi connectivity index (χ2n) is 7.61. The van der Waals surface area contributed by atoms with Gasteiger partial charge in [-0.3, -0.25) is 4.57 Å². The molecule has 0 aliphatic carbocycles. The standard InChI is InChI=1S/C25H29Cl4N2O3P/c26-12-16-31(17-13-27)22-10-8-21(9-11-22)25(35(32,33-18-14-28)34-19-15-29)30-24-7-3-5-20-4-1-2-6-23(20)24/h1-11,25,30H,12-19H2/t25-/m1/s1. The number of hydrogen-bond donors (Lipinski definition) is 1. The van der Waals surface area contributed by atoms with Crippen LogP contribution in [-0.4, -0.2) is 49.8 Å². The van der Waals surface area contributed by atoms with E-state index in [0.29, 0.717) is 24.8 Å². The molecule has 0 unspecified atom stereocenters. The van der Waals surface area contributed by atoms with E-state index in [1.54, 1.807) is 0 Å². The smallest absolute Gasteiger partial charge is 0.357 e. The van der Waals surface area contributed by atoms with Gasteiger partial charge in [-0.1, -0.05) is 48.5 Å². The molecule has 5 nitrogen and oxygen atoms in total. The summed E-state index contributed by atoms with van der Waals surface area (Å²) in [6.45, 7) is 1.49. The van der Waals surface area contributed by atoms with Gasteiger partial charge in [0.15, 0.2) is 5.78 Å². The molecule has 3 rings (SSSR count). The first kappa shape index (κ1) is 28.4. The highest BCUT2D eigenvalue weighted by atomic mass is 35.5. The van der Waals surface area contributed by atoms with Crippen molar-refractivity contribution in [1.82, 2.24) is 0 Å². The van der Waals surface area contributed by atoms with Crippen LogP contribution < -0.4 is 10.2 Å². The predicted molar refractivity (Wildman–Crippen MR) is 151 cm³/mol. The summed E-state index contributed by atoms with van der Waals surface area (Å²) in [6, 6.07) is 21.6. The molecule has 0 bridgehead atoms. The second-order valence-corrected chi connectivity index (χ2v) is 11.2. The van der Waals surface area contributed by atoms with Crippen LogP contribution >= 0.6 is 54.0 Å². The van der Waals surface area contributed by atoms with Crippen LogP contribution in [0.3, 0.4) is 0 Å². The first-order valence-corrected chi connectivity index (χ1v) is 15.0. The number of hydrogen-bond acceptors (Lipinski definition) is 5. The van der Waals surface area contributed by atoms with Gasteiger partial charge in [0.25, 0.3) is 0 Å². The van der Waals surface area contributed by atoms with E-state index >= 15 is 0 Å². The summed E-state index contributed by atoms with van der Waals surface area (Å²) in [7, 11) is -3.73. The Balaban J connectivity index is 2.04. The van der Waals surface area contributed by atoms with E-state index in [0.717, 1.165) is 27.7 Å². The van der Waals surface area contributed by atoms with Gasteiger partial charge in [0.1, 0.15) is 0 Å². The Morgan fingerprint density at radius 3 is 1.97 bits per heavy atom. The average molecular weight is 578 g/mol.